The lowest BCUT2D eigenvalue weighted by atomic mass is 10.0. The molecule has 0 saturated carbocycles. The summed E-state index contributed by atoms with van der Waals surface area (Å²) < 4.78 is 10.6. The highest BCUT2D eigenvalue weighted by Gasteiger charge is 2.13. The van der Waals surface area contributed by atoms with Crippen LogP contribution < -0.4 is 4.74 Å². The predicted octanol–water partition coefficient (Wildman–Crippen LogP) is 2.76. The molecule has 2 aromatic carbocycles. The van der Waals surface area contributed by atoms with Gasteiger partial charge >= 0.3 is 0 Å². The van der Waals surface area contributed by atoms with E-state index in [1.165, 1.54) is 0 Å². The Hall–Kier alpha value is -2.17. The molecule has 3 rings (SSSR count). The van der Waals surface area contributed by atoms with Crippen molar-refractivity contribution >= 4 is 5.78 Å². The molecule has 0 bridgehead atoms. The predicted molar refractivity (Wildman–Crippen MR) is 89.0 cm³/mol. The molecule has 120 valence electrons. The van der Waals surface area contributed by atoms with Crippen LogP contribution >= 0.6 is 0 Å². The normalized spacial score (nSPS) is 15.3. The van der Waals surface area contributed by atoms with Crippen molar-refractivity contribution in [1.82, 2.24) is 4.90 Å². The Balaban J connectivity index is 1.76. The largest absolute Gasteiger partial charge is 0.497 e. The number of morpholine rings is 1. The summed E-state index contributed by atoms with van der Waals surface area (Å²) in [6.07, 6.45) is 0. The number of ether oxygens (including phenoxy) is 2. The zero-order valence-electron chi connectivity index (χ0n) is 13.3. The van der Waals surface area contributed by atoms with Crippen LogP contribution in [-0.4, -0.2) is 44.1 Å². The molecule has 1 heterocycles. The van der Waals surface area contributed by atoms with E-state index in [0.29, 0.717) is 16.9 Å². The number of carbonyl (C=O) groups is 1. The van der Waals surface area contributed by atoms with Gasteiger partial charge in [0.25, 0.3) is 0 Å². The third kappa shape index (κ3) is 3.97. The van der Waals surface area contributed by atoms with Crippen molar-refractivity contribution in [1.29, 1.82) is 0 Å². The molecule has 0 radical (unpaired) electrons. The number of ketones is 1. The monoisotopic (exact) mass is 311 g/mol. The molecule has 23 heavy (non-hydrogen) atoms. The first-order valence-electron chi connectivity index (χ1n) is 7.84. The molecule has 0 atom stereocenters. The van der Waals surface area contributed by atoms with E-state index in [-0.39, 0.29) is 5.78 Å². The molecule has 4 heteroatoms. The fourth-order valence-corrected chi connectivity index (χ4v) is 2.76. The van der Waals surface area contributed by atoms with Crippen LogP contribution in [0.4, 0.5) is 0 Å². The Labute approximate surface area is 136 Å². The van der Waals surface area contributed by atoms with Gasteiger partial charge < -0.3 is 9.47 Å². The molecule has 4 nitrogen and oxygen atoms in total. The summed E-state index contributed by atoms with van der Waals surface area (Å²) in [6.45, 7) is 4.29. The third-order valence-electron chi connectivity index (χ3n) is 4.03. The summed E-state index contributed by atoms with van der Waals surface area (Å²) >= 11 is 0. The van der Waals surface area contributed by atoms with Crippen molar-refractivity contribution in [3.05, 3.63) is 65.2 Å². The Morgan fingerprint density at radius 1 is 1.09 bits per heavy atom. The summed E-state index contributed by atoms with van der Waals surface area (Å²) in [7, 11) is 1.60. The molecule has 1 aliphatic rings. The Morgan fingerprint density at radius 2 is 1.78 bits per heavy atom. The molecule has 0 aliphatic carbocycles. The summed E-state index contributed by atoms with van der Waals surface area (Å²) in [4.78, 5) is 15.0. The number of hydrogen-bond donors (Lipinski definition) is 0. The maximum atomic E-state index is 12.7. The van der Waals surface area contributed by atoms with E-state index in [4.69, 9.17) is 9.47 Å². The van der Waals surface area contributed by atoms with E-state index in [9.17, 15) is 4.79 Å². The molecule has 1 aliphatic heterocycles. The first-order valence-corrected chi connectivity index (χ1v) is 7.84. The molecule has 0 unspecified atom stereocenters. The number of methoxy groups -OCH3 is 1. The Morgan fingerprint density at radius 3 is 2.52 bits per heavy atom. The maximum absolute atomic E-state index is 12.7. The second-order valence-corrected chi connectivity index (χ2v) is 5.65. The lowest BCUT2D eigenvalue weighted by molar-refractivity contribution is 0.0342. The second-order valence-electron chi connectivity index (χ2n) is 5.65. The van der Waals surface area contributed by atoms with Crippen molar-refractivity contribution in [2.24, 2.45) is 0 Å². The molecule has 0 spiro atoms. The van der Waals surface area contributed by atoms with Gasteiger partial charge in [-0.3, -0.25) is 9.69 Å². The van der Waals surface area contributed by atoms with Crippen LogP contribution in [0.3, 0.4) is 0 Å². The highest BCUT2D eigenvalue weighted by molar-refractivity contribution is 6.09. The molecular weight excluding hydrogens is 290 g/mol. The summed E-state index contributed by atoms with van der Waals surface area (Å²) in [5, 5.41) is 0. The fraction of sp³-hybridized carbons (Fsp3) is 0.316. The van der Waals surface area contributed by atoms with Crippen molar-refractivity contribution in [3.63, 3.8) is 0 Å². The van der Waals surface area contributed by atoms with Gasteiger partial charge in [-0.25, -0.2) is 0 Å². The second kappa shape index (κ2) is 7.40. The molecule has 0 amide bonds. The van der Waals surface area contributed by atoms with Gasteiger partial charge in [0.05, 0.1) is 20.3 Å². The van der Waals surface area contributed by atoms with Crippen LogP contribution in [0.15, 0.2) is 48.5 Å². The van der Waals surface area contributed by atoms with Gasteiger partial charge in [-0.2, -0.15) is 0 Å². The lowest BCUT2D eigenvalue weighted by Gasteiger charge is -2.26. The molecule has 2 aromatic rings. The average molecular weight is 311 g/mol. The van der Waals surface area contributed by atoms with Crippen LogP contribution in [0.1, 0.15) is 21.5 Å². The van der Waals surface area contributed by atoms with E-state index >= 15 is 0 Å². The van der Waals surface area contributed by atoms with Crippen LogP contribution in [0.2, 0.25) is 0 Å². The zero-order valence-corrected chi connectivity index (χ0v) is 13.3. The standard InChI is InChI=1S/C19H21NO3/c1-22-18-7-3-6-17(13-18)19(21)16-5-2-4-15(12-16)14-20-8-10-23-11-9-20/h2-7,12-13H,8-11,14H2,1H3. The van der Waals surface area contributed by atoms with Crippen molar-refractivity contribution < 1.29 is 14.3 Å². The third-order valence-corrected chi connectivity index (χ3v) is 4.03. The summed E-state index contributed by atoms with van der Waals surface area (Å²) in [5.74, 6) is 0.716. The average Bonchev–Trinajstić information content (AvgIpc) is 2.62. The van der Waals surface area contributed by atoms with Gasteiger partial charge in [0.15, 0.2) is 5.78 Å². The number of benzene rings is 2. The Kier molecular flexibility index (Phi) is 5.05. The van der Waals surface area contributed by atoms with E-state index < -0.39 is 0 Å². The van der Waals surface area contributed by atoms with E-state index in [0.717, 1.165) is 38.4 Å². The van der Waals surface area contributed by atoms with Crippen molar-refractivity contribution in [2.75, 3.05) is 33.4 Å². The first kappa shape index (κ1) is 15.7. The van der Waals surface area contributed by atoms with Gasteiger partial charge in [-0.1, -0.05) is 30.3 Å². The topological polar surface area (TPSA) is 38.8 Å². The molecule has 1 fully saturated rings. The van der Waals surface area contributed by atoms with Crippen LogP contribution in [0.25, 0.3) is 0 Å². The Bertz CT molecular complexity index is 678. The number of hydrogen-bond acceptors (Lipinski definition) is 4. The molecular formula is C19H21NO3. The summed E-state index contributed by atoms with van der Waals surface area (Å²) in [6, 6.07) is 15.1. The molecule has 0 aromatic heterocycles. The van der Waals surface area contributed by atoms with E-state index in [1.54, 1.807) is 13.2 Å². The zero-order chi connectivity index (χ0) is 16.1. The van der Waals surface area contributed by atoms with Crippen molar-refractivity contribution in [2.45, 2.75) is 6.54 Å². The number of carbonyl (C=O) groups excluding carboxylic acids is 1. The fourth-order valence-electron chi connectivity index (χ4n) is 2.76. The van der Waals surface area contributed by atoms with Crippen molar-refractivity contribution in [3.8, 4) is 5.75 Å². The molecule has 1 saturated heterocycles. The lowest BCUT2D eigenvalue weighted by Crippen LogP contribution is -2.35. The maximum Gasteiger partial charge on any atom is 0.193 e. The summed E-state index contributed by atoms with van der Waals surface area (Å²) in [5.41, 5.74) is 2.51. The van der Waals surface area contributed by atoms with Gasteiger partial charge in [0.1, 0.15) is 5.75 Å². The molecule has 0 N–H and O–H groups in total. The minimum absolute atomic E-state index is 0.0210. The SMILES string of the molecule is COc1cccc(C(=O)c2cccc(CN3CCOCC3)c2)c1. The van der Waals surface area contributed by atoms with Crippen LogP contribution in [0.5, 0.6) is 5.75 Å². The van der Waals surface area contributed by atoms with Crippen LogP contribution in [0, 0.1) is 0 Å². The van der Waals surface area contributed by atoms with Crippen LogP contribution in [-0.2, 0) is 11.3 Å². The smallest absolute Gasteiger partial charge is 0.193 e. The number of nitrogens with zero attached hydrogens (tertiary/aromatic N) is 1. The van der Waals surface area contributed by atoms with E-state index in [1.807, 2.05) is 36.4 Å². The number of rotatable bonds is 5. The van der Waals surface area contributed by atoms with Gasteiger partial charge in [-0.05, 0) is 23.8 Å². The highest BCUT2D eigenvalue weighted by Crippen LogP contribution is 2.18. The quantitative estimate of drug-likeness (QED) is 0.796. The minimum Gasteiger partial charge on any atom is -0.497 e. The minimum atomic E-state index is 0.0210. The first-order chi connectivity index (χ1) is 11.3. The highest BCUT2D eigenvalue weighted by atomic mass is 16.5. The van der Waals surface area contributed by atoms with Gasteiger partial charge in [0, 0.05) is 30.8 Å². The van der Waals surface area contributed by atoms with E-state index in [2.05, 4.69) is 11.0 Å². The van der Waals surface area contributed by atoms with Gasteiger partial charge in [0.2, 0.25) is 0 Å². The van der Waals surface area contributed by atoms with Gasteiger partial charge in [-0.15, -0.1) is 0 Å².